The molecule has 1 aromatic heterocycles. The van der Waals surface area contributed by atoms with Gasteiger partial charge in [-0.1, -0.05) is 63.3 Å². The molecule has 0 amide bonds. The first kappa shape index (κ1) is 16.8. The maximum Gasteiger partial charge on any atom is 0.337 e. The summed E-state index contributed by atoms with van der Waals surface area (Å²) in [6, 6.07) is 8.21. The molecule has 0 saturated carbocycles. The maximum atomic E-state index is 11.3. The maximum absolute atomic E-state index is 11.3. The fourth-order valence-corrected chi connectivity index (χ4v) is 3.59. The summed E-state index contributed by atoms with van der Waals surface area (Å²) in [6.07, 6.45) is 8.68. The van der Waals surface area contributed by atoms with Gasteiger partial charge in [0.05, 0.1) is 5.56 Å². The van der Waals surface area contributed by atoms with E-state index in [1.165, 1.54) is 55.4 Å². The molecule has 0 spiro atoms. The van der Waals surface area contributed by atoms with Gasteiger partial charge in [0.1, 0.15) is 0 Å². The number of unbranched alkanes of at least 4 members (excludes halogenated alkanes) is 5. The lowest BCUT2D eigenvalue weighted by Crippen LogP contribution is -1.98. The molecule has 1 heterocycles. The number of aromatic carboxylic acids is 1. The van der Waals surface area contributed by atoms with Gasteiger partial charge in [-0.3, -0.25) is 0 Å². The van der Waals surface area contributed by atoms with Gasteiger partial charge in [-0.05, 0) is 29.3 Å². The van der Waals surface area contributed by atoms with E-state index in [2.05, 4.69) is 13.0 Å². The highest BCUT2D eigenvalue weighted by Crippen LogP contribution is 2.31. The Kier molecular flexibility index (Phi) is 6.66. The first-order chi connectivity index (χ1) is 10.7. The van der Waals surface area contributed by atoms with Crippen molar-refractivity contribution in [2.24, 2.45) is 0 Å². The number of thiophene rings is 1. The van der Waals surface area contributed by atoms with Gasteiger partial charge in [0.15, 0.2) is 0 Å². The van der Waals surface area contributed by atoms with Crippen molar-refractivity contribution in [3.8, 4) is 11.1 Å². The third-order valence-electron chi connectivity index (χ3n) is 4.00. The lowest BCUT2D eigenvalue weighted by molar-refractivity contribution is 0.0698. The first-order valence-electron chi connectivity index (χ1n) is 8.11. The fourth-order valence-electron chi connectivity index (χ4n) is 2.77. The van der Waals surface area contributed by atoms with Gasteiger partial charge in [0.25, 0.3) is 0 Å². The number of aryl methyl sites for hydroxylation is 1. The van der Waals surface area contributed by atoms with E-state index in [4.69, 9.17) is 0 Å². The molecule has 0 aliphatic carbocycles. The van der Waals surface area contributed by atoms with E-state index in [1.54, 1.807) is 5.38 Å². The highest BCUT2D eigenvalue weighted by Gasteiger charge is 2.14. The van der Waals surface area contributed by atoms with Crippen LogP contribution in [0, 0.1) is 0 Å². The number of rotatable bonds is 9. The average molecular weight is 316 g/mol. The molecule has 0 aliphatic heterocycles. The van der Waals surface area contributed by atoms with Gasteiger partial charge in [-0.25, -0.2) is 4.79 Å². The van der Waals surface area contributed by atoms with Gasteiger partial charge < -0.3 is 5.11 Å². The third-order valence-corrected chi connectivity index (χ3v) is 4.74. The van der Waals surface area contributed by atoms with E-state index < -0.39 is 5.97 Å². The predicted octanol–water partition coefficient (Wildman–Crippen LogP) is 6.02. The van der Waals surface area contributed by atoms with E-state index in [1.807, 2.05) is 23.6 Å². The highest BCUT2D eigenvalue weighted by molar-refractivity contribution is 7.08. The van der Waals surface area contributed by atoms with Crippen molar-refractivity contribution in [1.82, 2.24) is 0 Å². The second kappa shape index (κ2) is 8.74. The van der Waals surface area contributed by atoms with Crippen molar-refractivity contribution >= 4 is 17.3 Å². The van der Waals surface area contributed by atoms with Crippen LogP contribution in [-0.2, 0) is 6.42 Å². The third kappa shape index (κ3) is 4.44. The van der Waals surface area contributed by atoms with E-state index in [9.17, 15) is 9.90 Å². The summed E-state index contributed by atoms with van der Waals surface area (Å²) in [5, 5.41) is 13.0. The monoisotopic (exact) mass is 316 g/mol. The van der Waals surface area contributed by atoms with Crippen LogP contribution in [0.5, 0.6) is 0 Å². The molecule has 0 atom stereocenters. The van der Waals surface area contributed by atoms with Crippen LogP contribution in [0.3, 0.4) is 0 Å². The van der Waals surface area contributed by atoms with Crippen molar-refractivity contribution in [3.05, 3.63) is 46.2 Å². The topological polar surface area (TPSA) is 37.3 Å². The van der Waals surface area contributed by atoms with Gasteiger partial charge in [-0.2, -0.15) is 11.3 Å². The number of carboxylic acids is 1. The quantitative estimate of drug-likeness (QED) is 0.575. The molecule has 0 unspecified atom stereocenters. The van der Waals surface area contributed by atoms with Crippen LogP contribution in [0.15, 0.2) is 35.0 Å². The van der Waals surface area contributed by atoms with Crippen molar-refractivity contribution in [3.63, 3.8) is 0 Å². The zero-order valence-corrected chi connectivity index (χ0v) is 14.0. The zero-order chi connectivity index (χ0) is 15.8. The fraction of sp³-hybridized carbons (Fsp3) is 0.421. The Morgan fingerprint density at radius 2 is 1.73 bits per heavy atom. The van der Waals surface area contributed by atoms with Crippen LogP contribution in [0.25, 0.3) is 11.1 Å². The summed E-state index contributed by atoms with van der Waals surface area (Å²) in [7, 11) is 0. The summed E-state index contributed by atoms with van der Waals surface area (Å²) in [5.74, 6) is -0.842. The Hall–Kier alpha value is -1.61. The summed E-state index contributed by atoms with van der Waals surface area (Å²) < 4.78 is 0. The lowest BCUT2D eigenvalue weighted by atomic mass is 9.95. The molecule has 1 N–H and O–H groups in total. The number of hydrogen-bond donors (Lipinski definition) is 1. The molecule has 0 radical (unpaired) electrons. The molecular weight excluding hydrogens is 292 g/mol. The van der Waals surface area contributed by atoms with Crippen LogP contribution >= 0.6 is 11.3 Å². The second-order valence-electron chi connectivity index (χ2n) is 5.68. The summed E-state index contributed by atoms with van der Waals surface area (Å²) in [6.45, 7) is 2.23. The van der Waals surface area contributed by atoms with Gasteiger partial charge in [0.2, 0.25) is 0 Å². The van der Waals surface area contributed by atoms with Crippen LogP contribution in [-0.4, -0.2) is 11.1 Å². The van der Waals surface area contributed by atoms with E-state index in [-0.39, 0.29) is 0 Å². The number of benzene rings is 1. The van der Waals surface area contributed by atoms with E-state index >= 15 is 0 Å². The minimum Gasteiger partial charge on any atom is -0.478 e. The van der Waals surface area contributed by atoms with E-state index in [0.29, 0.717) is 5.56 Å². The first-order valence-corrected chi connectivity index (χ1v) is 9.06. The molecule has 2 aromatic rings. The van der Waals surface area contributed by atoms with Crippen molar-refractivity contribution in [2.45, 2.75) is 51.9 Å². The Labute approximate surface area is 136 Å². The summed E-state index contributed by atoms with van der Waals surface area (Å²) >= 11 is 1.45. The Morgan fingerprint density at radius 3 is 2.50 bits per heavy atom. The molecule has 3 heteroatoms. The normalized spacial score (nSPS) is 10.8. The van der Waals surface area contributed by atoms with Gasteiger partial charge in [0, 0.05) is 10.9 Å². The molecule has 0 aliphatic rings. The van der Waals surface area contributed by atoms with Crippen LogP contribution in [0.2, 0.25) is 0 Å². The molecule has 2 rings (SSSR count). The SMILES string of the molecule is CCCCCCCCc1ccccc1-c1cscc1C(=O)O. The molecule has 2 nitrogen and oxygen atoms in total. The molecule has 0 saturated heterocycles. The van der Waals surface area contributed by atoms with Crippen molar-refractivity contribution < 1.29 is 9.90 Å². The molecule has 1 aromatic carbocycles. The number of hydrogen-bond acceptors (Lipinski definition) is 2. The van der Waals surface area contributed by atoms with Crippen molar-refractivity contribution in [2.75, 3.05) is 0 Å². The van der Waals surface area contributed by atoms with Gasteiger partial charge >= 0.3 is 5.97 Å². The number of carbonyl (C=O) groups is 1. The van der Waals surface area contributed by atoms with Crippen LogP contribution < -0.4 is 0 Å². The second-order valence-corrected chi connectivity index (χ2v) is 6.42. The van der Waals surface area contributed by atoms with Gasteiger partial charge in [-0.15, -0.1) is 0 Å². The van der Waals surface area contributed by atoms with Crippen molar-refractivity contribution in [1.29, 1.82) is 0 Å². The Bertz CT molecular complexity index is 601. The summed E-state index contributed by atoms with van der Waals surface area (Å²) in [4.78, 5) is 11.3. The predicted molar refractivity (Wildman–Crippen MR) is 93.8 cm³/mol. The Balaban J connectivity index is 2.04. The molecule has 22 heavy (non-hydrogen) atoms. The Morgan fingerprint density at radius 1 is 1.00 bits per heavy atom. The summed E-state index contributed by atoms with van der Waals surface area (Å²) in [5.41, 5.74) is 3.62. The largest absolute Gasteiger partial charge is 0.478 e. The molecule has 118 valence electrons. The minimum absolute atomic E-state index is 0.417. The molecular formula is C19H24O2S. The lowest BCUT2D eigenvalue weighted by Gasteiger charge is -2.09. The van der Waals surface area contributed by atoms with Crippen LogP contribution in [0.1, 0.15) is 61.4 Å². The highest BCUT2D eigenvalue weighted by atomic mass is 32.1. The average Bonchev–Trinajstić information content (AvgIpc) is 3.01. The minimum atomic E-state index is -0.842. The standard InChI is InChI=1S/C19H24O2S/c1-2-3-4-5-6-7-10-15-11-8-9-12-16(15)17-13-22-14-18(17)19(20)21/h8-9,11-14H,2-7,10H2,1H3,(H,20,21). The number of carboxylic acid groups (broad SMARTS) is 1. The van der Waals surface area contributed by atoms with E-state index in [0.717, 1.165) is 17.5 Å². The van der Waals surface area contributed by atoms with Crippen LogP contribution in [0.4, 0.5) is 0 Å². The molecule has 0 fully saturated rings. The zero-order valence-electron chi connectivity index (χ0n) is 13.2. The molecule has 0 bridgehead atoms. The smallest absolute Gasteiger partial charge is 0.337 e.